The van der Waals surface area contributed by atoms with Crippen molar-refractivity contribution < 1.29 is 38.2 Å². The lowest BCUT2D eigenvalue weighted by atomic mass is 10.1. The number of carboxylic acids is 1. The minimum Gasteiger partial charge on any atom is -0.544 e. The van der Waals surface area contributed by atoms with E-state index in [-0.39, 0.29) is 49.5 Å². The quantitative estimate of drug-likeness (QED) is 0.0285. The van der Waals surface area contributed by atoms with Crippen LogP contribution in [0.5, 0.6) is 0 Å². The Morgan fingerprint density at radius 1 is 0.556 bits per heavy atom. The van der Waals surface area contributed by atoms with Gasteiger partial charge in [-0.05, 0) is 77.0 Å². The van der Waals surface area contributed by atoms with E-state index in [1.807, 2.05) is 12.2 Å². The highest BCUT2D eigenvalue weighted by Gasteiger charge is 2.25. The van der Waals surface area contributed by atoms with E-state index in [1.165, 1.54) is 0 Å². The number of hydrogen-bond acceptors (Lipinski definition) is 7. The van der Waals surface area contributed by atoms with Crippen LogP contribution in [0.4, 0.5) is 0 Å². The second-order valence-electron chi connectivity index (χ2n) is 13.7. The van der Waals surface area contributed by atoms with Crippen LogP contribution in [0.1, 0.15) is 110 Å². The van der Waals surface area contributed by atoms with E-state index < -0.39 is 24.1 Å². The van der Waals surface area contributed by atoms with Crippen molar-refractivity contribution in [1.82, 2.24) is 0 Å². The van der Waals surface area contributed by atoms with E-state index in [2.05, 4.69) is 111 Å². The number of carbonyl (C=O) groups excluding carboxylic acids is 3. The Kier molecular flexibility index (Phi) is 33.3. The Morgan fingerprint density at radius 2 is 0.981 bits per heavy atom. The van der Waals surface area contributed by atoms with Gasteiger partial charge in [-0.1, -0.05) is 123 Å². The van der Waals surface area contributed by atoms with Gasteiger partial charge in [-0.15, -0.1) is 0 Å². The third kappa shape index (κ3) is 33.8. The highest BCUT2D eigenvalue weighted by molar-refractivity contribution is 5.70. The summed E-state index contributed by atoms with van der Waals surface area (Å²) in [7, 11) is 5.34. The number of quaternary nitrogens is 1. The van der Waals surface area contributed by atoms with E-state index in [0.717, 1.165) is 64.2 Å². The summed E-state index contributed by atoms with van der Waals surface area (Å²) < 4.78 is 16.9. The molecule has 0 amide bonds. The zero-order valence-corrected chi connectivity index (χ0v) is 34.1. The van der Waals surface area contributed by atoms with Crippen LogP contribution >= 0.6 is 0 Å². The summed E-state index contributed by atoms with van der Waals surface area (Å²) >= 11 is 0. The Morgan fingerprint density at radius 3 is 1.41 bits per heavy atom. The summed E-state index contributed by atoms with van der Waals surface area (Å²) in [5, 5.41) is 11.6. The molecule has 0 radical (unpaired) electrons. The molecule has 0 heterocycles. The number of rotatable bonds is 33. The van der Waals surface area contributed by atoms with Gasteiger partial charge in [-0.3, -0.25) is 9.59 Å². The summed E-state index contributed by atoms with van der Waals surface area (Å²) in [5.74, 6) is -1.93. The molecule has 0 spiro atoms. The van der Waals surface area contributed by atoms with Gasteiger partial charge in [-0.25, -0.2) is 0 Å². The van der Waals surface area contributed by atoms with Crippen molar-refractivity contribution in [2.24, 2.45) is 0 Å². The van der Waals surface area contributed by atoms with Gasteiger partial charge < -0.3 is 28.6 Å². The zero-order valence-electron chi connectivity index (χ0n) is 34.1. The predicted molar refractivity (Wildman–Crippen MR) is 221 cm³/mol. The molecule has 0 aromatic heterocycles. The molecule has 0 bridgehead atoms. The summed E-state index contributed by atoms with van der Waals surface area (Å²) in [4.78, 5) is 36.5. The van der Waals surface area contributed by atoms with E-state index in [4.69, 9.17) is 14.2 Å². The molecule has 0 aromatic rings. The molecule has 8 heteroatoms. The van der Waals surface area contributed by atoms with Crippen molar-refractivity contribution in [3.05, 3.63) is 109 Å². The molecular formula is C46H71NO7. The molecule has 0 aliphatic rings. The Labute approximate surface area is 328 Å². The summed E-state index contributed by atoms with van der Waals surface area (Å²) in [6.07, 6.45) is 48.8. The van der Waals surface area contributed by atoms with Crippen molar-refractivity contribution in [2.75, 3.05) is 41.0 Å². The molecule has 0 saturated carbocycles. The van der Waals surface area contributed by atoms with Crippen LogP contribution in [-0.2, 0) is 28.6 Å². The van der Waals surface area contributed by atoms with Crippen molar-refractivity contribution in [3.63, 3.8) is 0 Å². The number of unbranched alkanes of at least 4 members (excludes halogenated alkanes) is 1. The number of allylic oxidation sites excluding steroid dienone is 18. The van der Waals surface area contributed by atoms with Crippen LogP contribution in [0.15, 0.2) is 109 Å². The minimum atomic E-state index is -1.15. The average Bonchev–Trinajstić information content (AvgIpc) is 3.12. The van der Waals surface area contributed by atoms with Crippen LogP contribution in [-0.4, -0.2) is 75.5 Å². The fourth-order valence-electron chi connectivity index (χ4n) is 4.88. The van der Waals surface area contributed by atoms with Crippen molar-refractivity contribution in [2.45, 2.75) is 122 Å². The first-order valence-electron chi connectivity index (χ1n) is 19.9. The number of nitrogens with zero attached hydrogens (tertiary/aromatic N) is 1. The van der Waals surface area contributed by atoms with Gasteiger partial charge in [-0.2, -0.15) is 0 Å². The molecule has 54 heavy (non-hydrogen) atoms. The molecule has 0 rings (SSSR count). The molecule has 0 saturated heterocycles. The highest BCUT2D eigenvalue weighted by Crippen LogP contribution is 2.09. The standard InChI is InChI=1S/C46H71NO7/c1-6-8-10-12-14-15-16-17-18-19-20-21-22-23-24-25-26-27-28-29-31-33-35-37-45(49)54-42(40-52-39-38-43(46(50)51)47(3,4)5)41-53-44(48)36-34-32-30-13-11-9-7-2/h8-11,14-15,17-18,20-21,23-24,26-27,29-32,42-43H,6-7,12-13,16,19,22,25,28,33-41H2,1-5H3/b10-8+,11-9+,15-14+,18-17+,21-20+,24-23+,27-26+,31-29+,32-30+. The lowest BCUT2D eigenvalue weighted by Crippen LogP contribution is -2.55. The Hall–Kier alpha value is -4.01. The average molecular weight is 750 g/mol. The van der Waals surface area contributed by atoms with E-state index >= 15 is 0 Å². The molecule has 0 aliphatic carbocycles. The largest absolute Gasteiger partial charge is 0.544 e. The van der Waals surface area contributed by atoms with Gasteiger partial charge in [0.1, 0.15) is 12.6 Å². The molecule has 0 fully saturated rings. The Balaban J connectivity index is 4.46. The lowest BCUT2D eigenvalue weighted by molar-refractivity contribution is -0.889. The zero-order chi connectivity index (χ0) is 40.0. The van der Waals surface area contributed by atoms with Crippen molar-refractivity contribution >= 4 is 17.9 Å². The van der Waals surface area contributed by atoms with Crippen LogP contribution in [0, 0.1) is 0 Å². The third-order valence-electron chi connectivity index (χ3n) is 7.92. The maximum absolute atomic E-state index is 12.6. The van der Waals surface area contributed by atoms with Crippen LogP contribution < -0.4 is 5.11 Å². The van der Waals surface area contributed by atoms with E-state index in [9.17, 15) is 19.5 Å². The Bertz CT molecular complexity index is 1240. The van der Waals surface area contributed by atoms with Crippen LogP contribution in [0.25, 0.3) is 0 Å². The first kappa shape index (κ1) is 50.0. The van der Waals surface area contributed by atoms with E-state index in [1.54, 1.807) is 21.1 Å². The summed E-state index contributed by atoms with van der Waals surface area (Å²) in [6.45, 7) is 4.22. The number of aliphatic carboxylic acids is 1. The molecular weight excluding hydrogens is 679 g/mol. The molecule has 2 unspecified atom stereocenters. The van der Waals surface area contributed by atoms with Gasteiger partial charge in [0.25, 0.3) is 0 Å². The van der Waals surface area contributed by atoms with Crippen LogP contribution in [0.2, 0.25) is 0 Å². The predicted octanol–water partition coefficient (Wildman–Crippen LogP) is 9.18. The summed E-state index contributed by atoms with van der Waals surface area (Å²) in [6, 6.07) is -0.748. The van der Waals surface area contributed by atoms with Crippen LogP contribution in [0.3, 0.4) is 0 Å². The number of carbonyl (C=O) groups is 3. The van der Waals surface area contributed by atoms with Crippen molar-refractivity contribution in [1.29, 1.82) is 0 Å². The third-order valence-corrected chi connectivity index (χ3v) is 7.92. The SMILES string of the molecule is CC/C=C/C/C=C/C/C=C/C/C=C/C/C=C/C/C=C/C/C=C/CCCC(=O)OC(COCCC(C(=O)[O-])[N+](C)(C)C)COC(=O)CC/C=C/C/C=C/CC. The van der Waals surface area contributed by atoms with Gasteiger partial charge in [0.2, 0.25) is 0 Å². The van der Waals surface area contributed by atoms with E-state index in [0.29, 0.717) is 12.8 Å². The number of esters is 2. The fraction of sp³-hybridized carbons (Fsp3) is 0.543. The maximum Gasteiger partial charge on any atom is 0.306 e. The van der Waals surface area contributed by atoms with Gasteiger partial charge >= 0.3 is 11.9 Å². The smallest absolute Gasteiger partial charge is 0.306 e. The monoisotopic (exact) mass is 750 g/mol. The molecule has 0 N–H and O–H groups in total. The van der Waals surface area contributed by atoms with Gasteiger partial charge in [0, 0.05) is 19.3 Å². The van der Waals surface area contributed by atoms with Gasteiger partial charge in [0.15, 0.2) is 6.10 Å². The fourth-order valence-corrected chi connectivity index (χ4v) is 4.88. The molecule has 0 aromatic carbocycles. The molecule has 8 nitrogen and oxygen atoms in total. The van der Waals surface area contributed by atoms with Crippen molar-refractivity contribution in [3.8, 4) is 0 Å². The molecule has 302 valence electrons. The summed E-state index contributed by atoms with van der Waals surface area (Å²) in [5.41, 5.74) is 0. The number of ether oxygens (including phenoxy) is 3. The first-order valence-corrected chi connectivity index (χ1v) is 19.9. The minimum absolute atomic E-state index is 0.00848. The first-order chi connectivity index (χ1) is 26.1. The maximum atomic E-state index is 12.6. The molecule has 0 aliphatic heterocycles. The number of likely N-dealkylation sites (N-methyl/N-ethyl adjacent to an activating group) is 1. The number of hydrogen-bond donors (Lipinski definition) is 0. The number of carboxylic acid groups (broad SMARTS) is 1. The second-order valence-corrected chi connectivity index (χ2v) is 13.7. The topological polar surface area (TPSA) is 102 Å². The second kappa shape index (κ2) is 36.0. The molecule has 2 atom stereocenters. The lowest BCUT2D eigenvalue weighted by Gasteiger charge is -2.34. The van der Waals surface area contributed by atoms with Gasteiger partial charge in [0.05, 0.1) is 40.3 Å². The normalized spacial score (nSPS) is 14.2. The highest BCUT2D eigenvalue weighted by atomic mass is 16.6.